The first-order valence-corrected chi connectivity index (χ1v) is 13.3. The van der Waals surface area contributed by atoms with Gasteiger partial charge in [-0.2, -0.15) is 0 Å². The molecule has 4 nitrogen and oxygen atoms in total. The highest BCUT2D eigenvalue weighted by molar-refractivity contribution is 5.98. The number of carbonyl (C=O) groups is 3. The lowest BCUT2D eigenvalue weighted by atomic mass is 9.34. The standard InChI is InChI=1S/C30H42O4/c1-25(2)12-14-30(24(33)34)15-13-29(7)23(18(30)17-25)19(31)16-21-27(5)10-9-22(32)26(3,4)20(27)8-11-28(21,29)6/h9-10,16,18,20,23H,8,11-15,17H2,1-7H3,(H,33,34)/t18-,20-,23?,27-,28+,29+,30-/m0/s1. The first kappa shape index (κ1) is 24.0. The van der Waals surface area contributed by atoms with E-state index in [4.69, 9.17) is 0 Å². The van der Waals surface area contributed by atoms with Crippen LogP contribution in [0.15, 0.2) is 23.8 Å². The number of hydrogen-bond donors (Lipinski definition) is 1. The smallest absolute Gasteiger partial charge is 0.309 e. The highest BCUT2D eigenvalue weighted by atomic mass is 16.4. The number of aliphatic carboxylic acids is 1. The van der Waals surface area contributed by atoms with Crippen LogP contribution in [-0.4, -0.2) is 22.6 Å². The SMILES string of the molecule is CC1(C)CC[C@]2(C(=O)O)CC[C@]3(C)C(C(=O)C=C4[C@@]5(C)C=CC(=O)C(C)(C)[C@@H]5CC[C@]43C)[C@@H]2C1. The summed E-state index contributed by atoms with van der Waals surface area (Å²) in [5.41, 5.74) is -0.797. The molecule has 5 aliphatic carbocycles. The Balaban J connectivity index is 1.68. The van der Waals surface area contributed by atoms with Crippen molar-refractivity contribution >= 4 is 17.5 Å². The zero-order chi connectivity index (χ0) is 25.1. The monoisotopic (exact) mass is 466 g/mol. The second-order valence-electron chi connectivity index (χ2n) is 14.4. The third-order valence-corrected chi connectivity index (χ3v) is 12.1. The molecule has 0 saturated heterocycles. The summed E-state index contributed by atoms with van der Waals surface area (Å²) in [6.45, 7) is 15.5. The summed E-state index contributed by atoms with van der Waals surface area (Å²) < 4.78 is 0. The fourth-order valence-corrected chi connectivity index (χ4v) is 9.71. The summed E-state index contributed by atoms with van der Waals surface area (Å²) in [6, 6.07) is 0. The van der Waals surface area contributed by atoms with E-state index in [1.807, 2.05) is 6.08 Å². The largest absolute Gasteiger partial charge is 0.481 e. The molecule has 0 heterocycles. The first-order chi connectivity index (χ1) is 15.6. The summed E-state index contributed by atoms with van der Waals surface area (Å²) in [5, 5.41) is 10.5. The molecule has 0 spiro atoms. The summed E-state index contributed by atoms with van der Waals surface area (Å²) in [7, 11) is 0. The van der Waals surface area contributed by atoms with Gasteiger partial charge in [-0.15, -0.1) is 0 Å². The van der Waals surface area contributed by atoms with Gasteiger partial charge in [0, 0.05) is 16.7 Å². The first-order valence-electron chi connectivity index (χ1n) is 13.3. The van der Waals surface area contributed by atoms with Crippen LogP contribution in [0.5, 0.6) is 0 Å². The minimum Gasteiger partial charge on any atom is -0.481 e. The summed E-state index contributed by atoms with van der Waals surface area (Å²) >= 11 is 0. The minimum absolute atomic E-state index is 0.0488. The average molecular weight is 467 g/mol. The van der Waals surface area contributed by atoms with Gasteiger partial charge in [0.25, 0.3) is 0 Å². The molecule has 0 amide bonds. The average Bonchev–Trinajstić information content (AvgIpc) is 2.72. The quantitative estimate of drug-likeness (QED) is 0.485. The van der Waals surface area contributed by atoms with E-state index in [-0.39, 0.29) is 51.0 Å². The molecular formula is C30H42O4. The van der Waals surface area contributed by atoms with Gasteiger partial charge in [0.2, 0.25) is 0 Å². The van der Waals surface area contributed by atoms with Crippen LogP contribution in [0.4, 0.5) is 0 Å². The highest BCUT2D eigenvalue weighted by Crippen LogP contribution is 2.74. The van der Waals surface area contributed by atoms with E-state index in [2.05, 4.69) is 54.5 Å². The fraction of sp³-hybridized carbons (Fsp3) is 0.767. The van der Waals surface area contributed by atoms with Crippen LogP contribution >= 0.6 is 0 Å². The number of ketones is 2. The van der Waals surface area contributed by atoms with Gasteiger partial charge >= 0.3 is 5.97 Å². The Bertz CT molecular complexity index is 1050. The lowest BCUT2D eigenvalue weighted by Gasteiger charge is -2.68. The summed E-state index contributed by atoms with van der Waals surface area (Å²) in [6.07, 6.45) is 11.5. The number of fused-ring (bicyclic) bond motifs is 7. The zero-order valence-electron chi connectivity index (χ0n) is 22.1. The van der Waals surface area contributed by atoms with E-state index in [1.54, 1.807) is 6.08 Å². The molecule has 0 aromatic heterocycles. The Morgan fingerprint density at radius 3 is 2.24 bits per heavy atom. The van der Waals surface area contributed by atoms with E-state index in [1.165, 1.54) is 5.57 Å². The van der Waals surface area contributed by atoms with Crippen molar-refractivity contribution in [1.82, 2.24) is 0 Å². The Hall–Kier alpha value is -1.71. The van der Waals surface area contributed by atoms with E-state index in [0.29, 0.717) is 12.8 Å². The topological polar surface area (TPSA) is 71.4 Å². The van der Waals surface area contributed by atoms with E-state index in [0.717, 1.165) is 32.1 Å². The molecule has 3 saturated carbocycles. The van der Waals surface area contributed by atoms with Crippen molar-refractivity contribution in [2.24, 2.45) is 50.2 Å². The van der Waals surface area contributed by atoms with Gasteiger partial charge in [0.1, 0.15) is 0 Å². The molecule has 0 bridgehead atoms. The van der Waals surface area contributed by atoms with Crippen LogP contribution in [0.1, 0.15) is 93.4 Å². The van der Waals surface area contributed by atoms with Gasteiger partial charge in [-0.25, -0.2) is 0 Å². The second kappa shape index (κ2) is 6.73. The molecule has 5 aliphatic rings. The Morgan fingerprint density at radius 2 is 1.59 bits per heavy atom. The van der Waals surface area contributed by atoms with Crippen LogP contribution in [0.25, 0.3) is 0 Å². The maximum Gasteiger partial charge on any atom is 0.309 e. The number of carbonyl (C=O) groups excluding carboxylic acids is 2. The number of rotatable bonds is 1. The lowest BCUT2D eigenvalue weighted by molar-refractivity contribution is -0.188. The normalized spacial score (nSPS) is 48.7. The highest BCUT2D eigenvalue weighted by Gasteiger charge is 2.70. The van der Waals surface area contributed by atoms with Crippen molar-refractivity contribution in [3.63, 3.8) is 0 Å². The molecule has 4 heteroatoms. The third kappa shape index (κ3) is 2.69. The van der Waals surface area contributed by atoms with Gasteiger partial charge in [0.15, 0.2) is 11.6 Å². The Kier molecular flexibility index (Phi) is 4.75. The predicted octanol–water partition coefficient (Wildman–Crippen LogP) is 6.40. The predicted molar refractivity (Wildman–Crippen MR) is 132 cm³/mol. The number of carboxylic acids is 1. The molecule has 0 aliphatic heterocycles. The maximum absolute atomic E-state index is 14.1. The molecule has 0 radical (unpaired) electrons. The fourth-order valence-electron chi connectivity index (χ4n) is 9.71. The van der Waals surface area contributed by atoms with Crippen molar-refractivity contribution in [3.8, 4) is 0 Å². The molecule has 3 fully saturated rings. The van der Waals surface area contributed by atoms with Gasteiger partial charge in [-0.05, 0) is 85.2 Å². The van der Waals surface area contributed by atoms with Gasteiger partial charge in [-0.3, -0.25) is 14.4 Å². The molecule has 186 valence electrons. The van der Waals surface area contributed by atoms with Crippen LogP contribution in [0.3, 0.4) is 0 Å². The van der Waals surface area contributed by atoms with Gasteiger partial charge in [-0.1, -0.05) is 60.1 Å². The van der Waals surface area contributed by atoms with Crippen molar-refractivity contribution in [2.75, 3.05) is 0 Å². The number of carboxylic acid groups (broad SMARTS) is 1. The number of allylic oxidation sites excluding steroid dienone is 4. The molecule has 7 atom stereocenters. The van der Waals surface area contributed by atoms with Crippen LogP contribution in [0, 0.1) is 50.2 Å². The van der Waals surface area contributed by atoms with E-state index < -0.39 is 16.8 Å². The second-order valence-corrected chi connectivity index (χ2v) is 14.4. The van der Waals surface area contributed by atoms with E-state index >= 15 is 0 Å². The molecule has 1 unspecified atom stereocenters. The molecule has 0 aromatic rings. The van der Waals surface area contributed by atoms with Crippen molar-refractivity contribution in [2.45, 2.75) is 93.4 Å². The summed E-state index contributed by atoms with van der Waals surface area (Å²) in [4.78, 5) is 39.7. The summed E-state index contributed by atoms with van der Waals surface area (Å²) in [5.74, 6) is -0.603. The molecule has 0 aromatic carbocycles. The van der Waals surface area contributed by atoms with Gasteiger partial charge in [0.05, 0.1) is 5.41 Å². The van der Waals surface area contributed by atoms with Crippen LogP contribution in [-0.2, 0) is 14.4 Å². The lowest BCUT2D eigenvalue weighted by Crippen LogP contribution is -2.65. The Labute approximate surface area is 204 Å². The molecule has 5 rings (SSSR count). The Morgan fingerprint density at radius 1 is 0.941 bits per heavy atom. The van der Waals surface area contributed by atoms with Gasteiger partial charge < -0.3 is 5.11 Å². The van der Waals surface area contributed by atoms with Crippen molar-refractivity contribution < 1.29 is 19.5 Å². The third-order valence-electron chi connectivity index (χ3n) is 12.1. The minimum atomic E-state index is -0.780. The van der Waals surface area contributed by atoms with Crippen LogP contribution in [0.2, 0.25) is 0 Å². The molecule has 34 heavy (non-hydrogen) atoms. The zero-order valence-corrected chi connectivity index (χ0v) is 22.1. The van der Waals surface area contributed by atoms with E-state index in [9.17, 15) is 19.5 Å². The maximum atomic E-state index is 14.1. The molecule has 1 N–H and O–H groups in total. The van der Waals surface area contributed by atoms with Crippen molar-refractivity contribution in [1.29, 1.82) is 0 Å². The van der Waals surface area contributed by atoms with Crippen LogP contribution < -0.4 is 0 Å². The number of hydrogen-bond acceptors (Lipinski definition) is 3. The molecular weight excluding hydrogens is 424 g/mol. The van der Waals surface area contributed by atoms with Crippen molar-refractivity contribution in [3.05, 3.63) is 23.8 Å².